The number of anilines is 1. The fourth-order valence-electron chi connectivity index (χ4n) is 2.32. The molecule has 2 aromatic heterocycles. The zero-order valence-corrected chi connectivity index (χ0v) is 15.0. The van der Waals surface area contributed by atoms with Gasteiger partial charge < -0.3 is 10.1 Å². The van der Waals surface area contributed by atoms with Crippen molar-refractivity contribution in [3.05, 3.63) is 51.4 Å². The zero-order valence-electron chi connectivity index (χ0n) is 12.6. The maximum absolute atomic E-state index is 11.4. The van der Waals surface area contributed by atoms with E-state index < -0.39 is 0 Å². The summed E-state index contributed by atoms with van der Waals surface area (Å²) in [6.07, 6.45) is 0.718. The lowest BCUT2D eigenvalue weighted by molar-refractivity contribution is -0.114. The summed E-state index contributed by atoms with van der Waals surface area (Å²) < 4.78 is 8.27. The van der Waals surface area contributed by atoms with Crippen LogP contribution < -0.4 is 5.32 Å². The average molecular weight is 394 g/mol. The fourth-order valence-corrected chi connectivity index (χ4v) is 3.69. The van der Waals surface area contributed by atoms with Gasteiger partial charge in [-0.25, -0.2) is 4.52 Å². The van der Waals surface area contributed by atoms with Crippen molar-refractivity contribution >= 4 is 43.8 Å². The molecule has 7 heteroatoms. The van der Waals surface area contributed by atoms with Gasteiger partial charge >= 0.3 is 0 Å². The lowest BCUT2D eigenvalue weighted by atomic mass is 10.2. The molecule has 0 bridgehead atoms. The summed E-state index contributed by atoms with van der Waals surface area (Å²) in [4.78, 5) is 12.4. The molecule has 0 fully saturated rings. The highest BCUT2D eigenvalue weighted by Gasteiger charge is 2.15. The molecule has 0 saturated carbocycles. The van der Waals surface area contributed by atoms with Gasteiger partial charge in [0.05, 0.1) is 13.2 Å². The summed E-state index contributed by atoms with van der Waals surface area (Å²) in [7, 11) is 0. The number of rotatable bonds is 6. The van der Waals surface area contributed by atoms with E-state index in [4.69, 9.17) is 4.74 Å². The van der Waals surface area contributed by atoms with Gasteiger partial charge in [0.2, 0.25) is 5.91 Å². The number of halogens is 1. The zero-order chi connectivity index (χ0) is 16.2. The summed E-state index contributed by atoms with van der Waals surface area (Å²) in [5.41, 5.74) is 2.18. The van der Waals surface area contributed by atoms with Crippen LogP contribution in [0.15, 0.2) is 40.3 Å². The van der Waals surface area contributed by atoms with Gasteiger partial charge in [0.1, 0.15) is 10.6 Å². The monoisotopic (exact) mass is 393 g/mol. The van der Waals surface area contributed by atoms with Gasteiger partial charge in [-0.05, 0) is 34.0 Å². The van der Waals surface area contributed by atoms with Crippen LogP contribution in [0.5, 0.6) is 0 Å². The molecule has 2 heterocycles. The lowest BCUT2D eigenvalue weighted by Crippen LogP contribution is -2.11. The summed E-state index contributed by atoms with van der Waals surface area (Å²) in [6.45, 7) is 2.67. The second-order valence-corrected chi connectivity index (χ2v) is 7.38. The number of aromatic nitrogens is 2. The Bertz CT molecular complexity index is 813. The van der Waals surface area contributed by atoms with Gasteiger partial charge in [0, 0.05) is 12.5 Å². The van der Waals surface area contributed by atoms with E-state index in [1.54, 1.807) is 4.52 Å². The molecule has 0 saturated heterocycles. The van der Waals surface area contributed by atoms with Gasteiger partial charge in [-0.3, -0.25) is 4.79 Å². The first-order chi connectivity index (χ1) is 11.1. The molecule has 0 aliphatic heterocycles. The summed E-state index contributed by atoms with van der Waals surface area (Å²) in [5.74, 6) is 0.610. The second-order valence-electron chi connectivity index (χ2n) is 5.09. The molecule has 0 spiro atoms. The van der Waals surface area contributed by atoms with Crippen molar-refractivity contribution in [3.8, 4) is 0 Å². The molecule has 1 aromatic carbocycles. The molecular weight excluding hydrogens is 378 g/mol. The number of hydrogen-bond acceptors (Lipinski definition) is 4. The molecule has 120 valence electrons. The summed E-state index contributed by atoms with van der Waals surface area (Å²) >= 11 is 4.89. The maximum Gasteiger partial charge on any atom is 0.222 e. The van der Waals surface area contributed by atoms with Gasteiger partial charge in [0.15, 0.2) is 3.92 Å². The highest BCUT2D eigenvalue weighted by Crippen LogP contribution is 2.29. The Balaban J connectivity index is 1.67. The summed E-state index contributed by atoms with van der Waals surface area (Å²) in [5, 5.41) is 7.22. The quantitative estimate of drug-likeness (QED) is 0.646. The molecule has 0 aliphatic rings. The third-order valence-corrected chi connectivity index (χ3v) is 4.71. The smallest absolute Gasteiger partial charge is 0.222 e. The van der Waals surface area contributed by atoms with Crippen molar-refractivity contribution in [2.75, 3.05) is 11.9 Å². The standard InChI is InChI=1S/C16H16BrN3O2S/c1-11(21)18-15-13(9-14-20(15)19-16(17)23-14)7-8-22-10-12-5-3-2-4-6-12/h2-6,9H,7-8,10H2,1H3,(H,18,21). The molecular formula is C16H16BrN3O2S. The topological polar surface area (TPSA) is 55.6 Å². The minimum atomic E-state index is -0.111. The predicted octanol–water partition coefficient (Wildman–Crippen LogP) is 3.88. The van der Waals surface area contributed by atoms with E-state index >= 15 is 0 Å². The fraction of sp³-hybridized carbons (Fsp3) is 0.250. The van der Waals surface area contributed by atoms with Gasteiger partial charge in [-0.15, -0.1) is 5.10 Å². The number of nitrogens with zero attached hydrogens (tertiary/aromatic N) is 2. The second kappa shape index (κ2) is 7.25. The van der Waals surface area contributed by atoms with Crippen LogP contribution in [0.3, 0.4) is 0 Å². The molecule has 3 aromatic rings. The SMILES string of the molecule is CC(=O)Nc1c(CCOCc2ccccc2)cc2sc(Br)nn12. The normalized spacial score (nSPS) is 11.0. The van der Waals surface area contributed by atoms with Crippen LogP contribution in [0.4, 0.5) is 5.82 Å². The number of fused-ring (bicyclic) bond motifs is 1. The lowest BCUT2D eigenvalue weighted by Gasteiger charge is -2.07. The third kappa shape index (κ3) is 3.99. The van der Waals surface area contributed by atoms with Crippen LogP contribution in [-0.4, -0.2) is 22.1 Å². The third-order valence-electron chi connectivity index (χ3n) is 3.31. The van der Waals surface area contributed by atoms with Crippen molar-refractivity contribution < 1.29 is 9.53 Å². The first kappa shape index (κ1) is 16.2. The Morgan fingerprint density at radius 1 is 1.39 bits per heavy atom. The minimum Gasteiger partial charge on any atom is -0.376 e. The first-order valence-electron chi connectivity index (χ1n) is 7.19. The van der Waals surface area contributed by atoms with Crippen molar-refractivity contribution in [1.29, 1.82) is 0 Å². The highest BCUT2D eigenvalue weighted by atomic mass is 79.9. The Kier molecular flexibility index (Phi) is 5.09. The molecule has 3 rings (SSSR count). The molecule has 23 heavy (non-hydrogen) atoms. The van der Waals surface area contributed by atoms with Crippen molar-refractivity contribution in [2.24, 2.45) is 0 Å². The number of ether oxygens (including phenoxy) is 1. The highest BCUT2D eigenvalue weighted by molar-refractivity contribution is 9.11. The molecule has 0 atom stereocenters. The number of amides is 1. The average Bonchev–Trinajstić information content (AvgIpc) is 3.02. The Hall–Kier alpha value is -1.70. The van der Waals surface area contributed by atoms with Crippen LogP contribution in [0.1, 0.15) is 18.1 Å². The van der Waals surface area contributed by atoms with Gasteiger partial charge in [-0.1, -0.05) is 41.7 Å². The number of carbonyl (C=O) groups is 1. The van der Waals surface area contributed by atoms with Crippen LogP contribution in [0.25, 0.3) is 4.83 Å². The predicted molar refractivity (Wildman–Crippen MR) is 94.9 cm³/mol. The van der Waals surface area contributed by atoms with E-state index in [9.17, 15) is 4.79 Å². The molecule has 0 radical (unpaired) electrons. The minimum absolute atomic E-state index is 0.111. The molecule has 1 amide bonds. The molecule has 5 nitrogen and oxygen atoms in total. The number of benzene rings is 1. The Labute approximate surface area is 146 Å². The Morgan fingerprint density at radius 3 is 2.91 bits per heavy atom. The van der Waals surface area contributed by atoms with E-state index in [-0.39, 0.29) is 5.91 Å². The first-order valence-corrected chi connectivity index (χ1v) is 8.80. The molecule has 0 unspecified atom stereocenters. The van der Waals surface area contributed by atoms with Crippen molar-refractivity contribution in [1.82, 2.24) is 9.61 Å². The number of hydrogen-bond donors (Lipinski definition) is 1. The van der Waals surface area contributed by atoms with Crippen molar-refractivity contribution in [3.63, 3.8) is 0 Å². The van der Waals surface area contributed by atoms with Crippen LogP contribution in [-0.2, 0) is 22.6 Å². The van der Waals surface area contributed by atoms with Gasteiger partial charge in [-0.2, -0.15) is 0 Å². The van der Waals surface area contributed by atoms with E-state index in [0.29, 0.717) is 13.2 Å². The van der Waals surface area contributed by atoms with Crippen LogP contribution in [0, 0.1) is 0 Å². The molecule has 1 N–H and O–H groups in total. The van der Waals surface area contributed by atoms with Crippen molar-refractivity contribution in [2.45, 2.75) is 20.0 Å². The Morgan fingerprint density at radius 2 is 2.17 bits per heavy atom. The maximum atomic E-state index is 11.4. The largest absolute Gasteiger partial charge is 0.376 e. The summed E-state index contributed by atoms with van der Waals surface area (Å²) in [6, 6.07) is 12.1. The van der Waals surface area contributed by atoms with Crippen LogP contribution in [0.2, 0.25) is 0 Å². The van der Waals surface area contributed by atoms with E-state index in [0.717, 1.165) is 32.1 Å². The number of carbonyl (C=O) groups excluding carboxylic acids is 1. The van der Waals surface area contributed by atoms with Gasteiger partial charge in [0.25, 0.3) is 0 Å². The molecule has 0 aliphatic carbocycles. The van der Waals surface area contributed by atoms with E-state index in [1.165, 1.54) is 18.3 Å². The van der Waals surface area contributed by atoms with Crippen LogP contribution >= 0.6 is 27.3 Å². The van der Waals surface area contributed by atoms with E-state index in [1.807, 2.05) is 36.4 Å². The van der Waals surface area contributed by atoms with E-state index in [2.05, 4.69) is 26.3 Å². The number of nitrogens with one attached hydrogen (secondary N) is 1.